The molecule has 0 saturated heterocycles. The molecular weight excluding hydrogens is 453 g/mol. The molecule has 2 atom stereocenters. The maximum absolute atomic E-state index is 15.1. The van der Waals surface area contributed by atoms with Gasteiger partial charge in [0.05, 0.1) is 13.5 Å². The molecule has 4 rings (SSSR count). The molecule has 0 aliphatic rings. The van der Waals surface area contributed by atoms with E-state index in [1.807, 2.05) is 72.8 Å². The van der Waals surface area contributed by atoms with Crippen LogP contribution in [0.2, 0.25) is 0 Å². The molecule has 0 aliphatic carbocycles. The average Bonchev–Trinajstić information content (AvgIpc) is 2.91. The zero-order valence-electron chi connectivity index (χ0n) is 20.5. The summed E-state index contributed by atoms with van der Waals surface area (Å²) in [5.41, 5.74) is 4.09. The maximum Gasteiger partial charge on any atom is 0.305 e. The standard InChI is InChI=1S/C31H30FNO3/c1-22(24-13-7-4-8-14-24)33(21-23-11-5-3-6-12-23)28(20-30(34)35)26-16-9-15-25(19-26)27-17-10-18-29(36-2)31(27)32/h3-19,22,28H,20-21H2,1-2H3,(H,34,35). The Kier molecular flexibility index (Phi) is 8.13. The molecule has 184 valence electrons. The first-order valence-corrected chi connectivity index (χ1v) is 12.0. The van der Waals surface area contributed by atoms with E-state index in [9.17, 15) is 9.90 Å². The Balaban J connectivity index is 1.80. The largest absolute Gasteiger partial charge is 0.494 e. The second kappa shape index (κ2) is 11.6. The molecule has 4 aromatic carbocycles. The highest BCUT2D eigenvalue weighted by Gasteiger charge is 2.29. The number of carbonyl (C=O) groups is 1. The van der Waals surface area contributed by atoms with Gasteiger partial charge in [-0.3, -0.25) is 9.69 Å². The van der Waals surface area contributed by atoms with E-state index < -0.39 is 17.8 Å². The Morgan fingerprint density at radius 2 is 1.53 bits per heavy atom. The molecule has 0 radical (unpaired) electrons. The number of rotatable bonds is 10. The zero-order chi connectivity index (χ0) is 25.5. The van der Waals surface area contributed by atoms with Gasteiger partial charge in [-0.15, -0.1) is 0 Å². The van der Waals surface area contributed by atoms with Crippen molar-refractivity contribution in [2.24, 2.45) is 0 Å². The van der Waals surface area contributed by atoms with E-state index in [1.165, 1.54) is 7.11 Å². The minimum Gasteiger partial charge on any atom is -0.494 e. The fourth-order valence-corrected chi connectivity index (χ4v) is 4.63. The second-order valence-electron chi connectivity index (χ2n) is 8.81. The number of halogens is 1. The van der Waals surface area contributed by atoms with Crippen LogP contribution in [0.25, 0.3) is 11.1 Å². The van der Waals surface area contributed by atoms with Gasteiger partial charge < -0.3 is 9.84 Å². The van der Waals surface area contributed by atoms with Crippen LogP contribution in [0, 0.1) is 5.82 Å². The highest BCUT2D eigenvalue weighted by molar-refractivity contribution is 5.69. The number of aliphatic carboxylic acids is 1. The fraction of sp³-hybridized carbons (Fsp3) is 0.194. The Bertz CT molecular complexity index is 1290. The van der Waals surface area contributed by atoms with Crippen LogP contribution in [-0.2, 0) is 11.3 Å². The lowest BCUT2D eigenvalue weighted by molar-refractivity contribution is -0.138. The normalized spacial score (nSPS) is 12.8. The molecule has 0 heterocycles. The fourth-order valence-electron chi connectivity index (χ4n) is 4.63. The van der Waals surface area contributed by atoms with Crippen molar-refractivity contribution in [1.29, 1.82) is 0 Å². The van der Waals surface area contributed by atoms with E-state index in [0.29, 0.717) is 17.7 Å². The highest BCUT2D eigenvalue weighted by Crippen LogP contribution is 2.37. The molecular formula is C31H30FNO3. The lowest BCUT2D eigenvalue weighted by atomic mass is 9.94. The molecule has 4 aromatic rings. The Labute approximate surface area is 211 Å². The molecule has 5 heteroatoms. The van der Waals surface area contributed by atoms with Crippen molar-refractivity contribution in [3.8, 4) is 16.9 Å². The number of benzene rings is 4. The predicted molar refractivity (Wildman–Crippen MR) is 140 cm³/mol. The van der Waals surface area contributed by atoms with Crippen molar-refractivity contribution in [3.63, 3.8) is 0 Å². The smallest absolute Gasteiger partial charge is 0.305 e. The molecule has 0 aliphatic heterocycles. The quantitative estimate of drug-likeness (QED) is 0.257. The van der Waals surface area contributed by atoms with Crippen LogP contribution in [0.15, 0.2) is 103 Å². The topological polar surface area (TPSA) is 49.8 Å². The molecule has 4 nitrogen and oxygen atoms in total. The Morgan fingerprint density at radius 3 is 2.19 bits per heavy atom. The van der Waals surface area contributed by atoms with Gasteiger partial charge in [-0.05, 0) is 41.3 Å². The summed E-state index contributed by atoms with van der Waals surface area (Å²) in [6, 6.07) is 32.1. The van der Waals surface area contributed by atoms with E-state index in [0.717, 1.165) is 16.7 Å². The van der Waals surface area contributed by atoms with Crippen LogP contribution in [0.1, 0.15) is 42.1 Å². The van der Waals surface area contributed by atoms with Gasteiger partial charge in [0.2, 0.25) is 0 Å². The van der Waals surface area contributed by atoms with Crippen LogP contribution in [0.4, 0.5) is 4.39 Å². The van der Waals surface area contributed by atoms with Crippen LogP contribution in [0.3, 0.4) is 0 Å². The van der Waals surface area contributed by atoms with Gasteiger partial charge in [-0.25, -0.2) is 4.39 Å². The van der Waals surface area contributed by atoms with Crippen molar-refractivity contribution in [3.05, 3.63) is 126 Å². The van der Waals surface area contributed by atoms with Crippen molar-refractivity contribution < 1.29 is 19.0 Å². The zero-order valence-corrected chi connectivity index (χ0v) is 20.5. The minimum atomic E-state index is -0.892. The molecule has 1 N–H and O–H groups in total. The Morgan fingerprint density at radius 1 is 0.889 bits per heavy atom. The summed E-state index contributed by atoms with van der Waals surface area (Å²) in [5, 5.41) is 9.91. The van der Waals surface area contributed by atoms with E-state index in [2.05, 4.69) is 24.0 Å². The van der Waals surface area contributed by atoms with Gasteiger partial charge in [0, 0.05) is 24.2 Å². The van der Waals surface area contributed by atoms with Gasteiger partial charge in [0.1, 0.15) is 0 Å². The van der Waals surface area contributed by atoms with Gasteiger partial charge >= 0.3 is 5.97 Å². The average molecular weight is 484 g/mol. The van der Waals surface area contributed by atoms with Crippen molar-refractivity contribution in [1.82, 2.24) is 4.90 Å². The molecule has 0 bridgehead atoms. The number of carboxylic acids is 1. The van der Waals surface area contributed by atoms with Gasteiger partial charge in [0.15, 0.2) is 11.6 Å². The molecule has 0 spiro atoms. The summed E-state index contributed by atoms with van der Waals surface area (Å²) in [7, 11) is 1.44. The van der Waals surface area contributed by atoms with Gasteiger partial charge in [0.25, 0.3) is 0 Å². The predicted octanol–water partition coefficient (Wildman–Crippen LogP) is 7.28. The van der Waals surface area contributed by atoms with Crippen LogP contribution in [0.5, 0.6) is 5.75 Å². The third-order valence-corrected chi connectivity index (χ3v) is 6.52. The molecule has 0 fully saturated rings. The van der Waals surface area contributed by atoms with Gasteiger partial charge in [-0.2, -0.15) is 0 Å². The first-order valence-electron chi connectivity index (χ1n) is 12.0. The molecule has 36 heavy (non-hydrogen) atoms. The van der Waals surface area contributed by atoms with Crippen LogP contribution >= 0.6 is 0 Å². The van der Waals surface area contributed by atoms with E-state index in [1.54, 1.807) is 18.2 Å². The monoisotopic (exact) mass is 483 g/mol. The van der Waals surface area contributed by atoms with Crippen LogP contribution in [-0.4, -0.2) is 23.1 Å². The summed E-state index contributed by atoms with van der Waals surface area (Å²) in [5.74, 6) is -1.16. The summed E-state index contributed by atoms with van der Waals surface area (Å²) < 4.78 is 20.2. The molecule has 2 unspecified atom stereocenters. The van der Waals surface area contributed by atoms with Gasteiger partial charge in [-0.1, -0.05) is 91.0 Å². The number of hydrogen-bond donors (Lipinski definition) is 1. The van der Waals surface area contributed by atoms with Crippen molar-refractivity contribution in [2.75, 3.05) is 7.11 Å². The summed E-state index contributed by atoms with van der Waals surface area (Å²) >= 11 is 0. The van der Waals surface area contributed by atoms with Crippen molar-refractivity contribution in [2.45, 2.75) is 32.0 Å². The molecule has 0 aromatic heterocycles. The number of methoxy groups -OCH3 is 1. The first-order chi connectivity index (χ1) is 17.5. The summed E-state index contributed by atoms with van der Waals surface area (Å²) in [4.78, 5) is 14.3. The molecule has 0 amide bonds. The van der Waals surface area contributed by atoms with Crippen molar-refractivity contribution >= 4 is 5.97 Å². The maximum atomic E-state index is 15.1. The van der Waals surface area contributed by atoms with Crippen LogP contribution < -0.4 is 4.74 Å². The highest BCUT2D eigenvalue weighted by atomic mass is 19.1. The summed E-state index contributed by atoms with van der Waals surface area (Å²) in [6.45, 7) is 2.66. The SMILES string of the molecule is COc1cccc(-c2cccc(C(CC(=O)O)N(Cc3ccccc3)C(C)c3ccccc3)c2)c1F. The van der Waals surface area contributed by atoms with E-state index in [4.69, 9.17) is 4.74 Å². The third-order valence-electron chi connectivity index (χ3n) is 6.52. The minimum absolute atomic E-state index is 0.0621. The number of ether oxygens (including phenoxy) is 1. The number of hydrogen-bond acceptors (Lipinski definition) is 3. The lowest BCUT2D eigenvalue weighted by Gasteiger charge is -2.37. The number of carboxylic acid groups (broad SMARTS) is 1. The van der Waals surface area contributed by atoms with E-state index >= 15 is 4.39 Å². The third kappa shape index (κ3) is 5.81. The lowest BCUT2D eigenvalue weighted by Crippen LogP contribution is -2.32. The molecule has 0 saturated carbocycles. The second-order valence-corrected chi connectivity index (χ2v) is 8.81. The first kappa shape index (κ1) is 25.1. The Hall–Kier alpha value is -3.96. The summed E-state index contributed by atoms with van der Waals surface area (Å²) in [6.07, 6.45) is -0.0892. The van der Waals surface area contributed by atoms with E-state index in [-0.39, 0.29) is 18.2 Å². The number of nitrogens with zero attached hydrogens (tertiary/aromatic N) is 1.